The van der Waals surface area contributed by atoms with Gasteiger partial charge in [-0.3, -0.25) is 4.79 Å². The fourth-order valence-electron chi connectivity index (χ4n) is 2.23. The molecular weight excluding hydrogens is 320 g/mol. The minimum atomic E-state index is -3.71. The van der Waals surface area contributed by atoms with Gasteiger partial charge in [0.15, 0.2) is 0 Å². The number of aromatic nitrogens is 1. The summed E-state index contributed by atoms with van der Waals surface area (Å²) in [6.45, 7) is 5.44. The summed E-state index contributed by atoms with van der Waals surface area (Å²) in [5.74, 6) is 0.407. The highest BCUT2D eigenvalue weighted by Crippen LogP contribution is 2.19. The van der Waals surface area contributed by atoms with Crippen LogP contribution < -0.4 is 9.88 Å². The molecule has 0 aliphatic carbocycles. The molecule has 0 atom stereocenters. The average molecular weight is 342 g/mol. The number of pyridine rings is 1. The highest BCUT2D eigenvalue weighted by Gasteiger charge is 2.28. The Morgan fingerprint density at radius 3 is 2.57 bits per heavy atom. The Morgan fingerprint density at radius 1 is 1.35 bits per heavy atom. The van der Waals surface area contributed by atoms with E-state index in [0.717, 1.165) is 4.31 Å². The molecule has 1 aliphatic rings. The van der Waals surface area contributed by atoms with Gasteiger partial charge in [0.2, 0.25) is 5.88 Å². The van der Waals surface area contributed by atoms with Crippen molar-refractivity contribution in [3.8, 4) is 5.88 Å². The predicted molar refractivity (Wildman–Crippen MR) is 85.2 cm³/mol. The predicted octanol–water partition coefficient (Wildman–Crippen LogP) is 0.0777. The molecule has 1 aromatic heterocycles. The Labute approximate surface area is 136 Å². The van der Waals surface area contributed by atoms with Gasteiger partial charge >= 0.3 is 0 Å². The number of ether oxygens (including phenoxy) is 1. The van der Waals surface area contributed by atoms with E-state index in [4.69, 9.17) is 9.88 Å². The minimum Gasteiger partial charge on any atom is -0.477 e. The van der Waals surface area contributed by atoms with Crippen LogP contribution in [0.15, 0.2) is 18.3 Å². The second-order valence-corrected chi connectivity index (χ2v) is 7.34. The molecule has 2 rings (SSSR count). The number of nitrogens with two attached hydrogens (primary N) is 1. The molecule has 1 aliphatic heterocycles. The summed E-state index contributed by atoms with van der Waals surface area (Å²) >= 11 is 0. The molecule has 1 fully saturated rings. The first-order chi connectivity index (χ1) is 10.8. The fourth-order valence-corrected chi connectivity index (χ4v) is 2.90. The lowest BCUT2D eigenvalue weighted by Crippen LogP contribution is -2.52. The molecule has 128 valence electrons. The van der Waals surface area contributed by atoms with Crippen molar-refractivity contribution in [3.05, 3.63) is 23.9 Å². The van der Waals surface area contributed by atoms with Crippen LogP contribution in [-0.2, 0) is 10.2 Å². The molecule has 2 heterocycles. The first kappa shape index (κ1) is 17.6. The second-order valence-electron chi connectivity index (χ2n) is 5.80. The summed E-state index contributed by atoms with van der Waals surface area (Å²) in [6, 6.07) is 3.34. The number of rotatable bonds is 5. The lowest BCUT2D eigenvalue weighted by molar-refractivity contribution is 0.0691. The molecule has 0 radical (unpaired) electrons. The van der Waals surface area contributed by atoms with Crippen LogP contribution in [0.25, 0.3) is 0 Å². The Hall–Kier alpha value is -1.71. The van der Waals surface area contributed by atoms with Crippen LogP contribution in [0.4, 0.5) is 0 Å². The molecule has 2 N–H and O–H groups in total. The summed E-state index contributed by atoms with van der Waals surface area (Å²) in [5.41, 5.74) is 0.386. The van der Waals surface area contributed by atoms with Crippen molar-refractivity contribution in [3.63, 3.8) is 0 Å². The van der Waals surface area contributed by atoms with Crippen LogP contribution in [0.1, 0.15) is 24.2 Å². The summed E-state index contributed by atoms with van der Waals surface area (Å²) in [5, 5.41) is 5.10. The molecule has 0 saturated carbocycles. The van der Waals surface area contributed by atoms with Gasteiger partial charge < -0.3 is 9.64 Å². The molecule has 0 aromatic carbocycles. The largest absolute Gasteiger partial charge is 0.477 e. The van der Waals surface area contributed by atoms with Gasteiger partial charge in [-0.15, -0.1) is 0 Å². The van der Waals surface area contributed by atoms with Crippen LogP contribution in [0.3, 0.4) is 0 Å². The topological polar surface area (TPSA) is 106 Å². The summed E-state index contributed by atoms with van der Waals surface area (Å²) < 4.78 is 29.4. The lowest BCUT2D eigenvalue weighted by Gasteiger charge is -2.33. The first-order valence-electron chi connectivity index (χ1n) is 7.44. The SMILES string of the molecule is CC(C)COc1ncccc1C(=O)N1CCN(S(N)(=O)=O)CC1. The Morgan fingerprint density at radius 2 is 2.00 bits per heavy atom. The van der Waals surface area contributed by atoms with Crippen molar-refractivity contribution < 1.29 is 17.9 Å². The van der Waals surface area contributed by atoms with Crippen molar-refractivity contribution in [2.45, 2.75) is 13.8 Å². The van der Waals surface area contributed by atoms with Crippen molar-refractivity contribution in [1.29, 1.82) is 0 Å². The molecule has 1 aromatic rings. The zero-order chi connectivity index (χ0) is 17.0. The van der Waals surface area contributed by atoms with Crippen molar-refractivity contribution in [2.24, 2.45) is 11.1 Å². The Balaban J connectivity index is 2.07. The second kappa shape index (κ2) is 7.24. The number of hydrogen-bond acceptors (Lipinski definition) is 5. The highest BCUT2D eigenvalue weighted by molar-refractivity contribution is 7.86. The molecule has 23 heavy (non-hydrogen) atoms. The van der Waals surface area contributed by atoms with Crippen LogP contribution >= 0.6 is 0 Å². The molecule has 0 spiro atoms. The van der Waals surface area contributed by atoms with Gasteiger partial charge in [-0.1, -0.05) is 13.8 Å². The molecule has 9 heteroatoms. The van der Waals surface area contributed by atoms with E-state index in [1.807, 2.05) is 13.8 Å². The van der Waals surface area contributed by atoms with Crippen LogP contribution in [0.2, 0.25) is 0 Å². The van der Waals surface area contributed by atoms with Crippen LogP contribution in [-0.4, -0.2) is 61.3 Å². The van der Waals surface area contributed by atoms with Crippen molar-refractivity contribution in [2.75, 3.05) is 32.8 Å². The zero-order valence-electron chi connectivity index (χ0n) is 13.3. The van der Waals surface area contributed by atoms with Gasteiger partial charge in [0.05, 0.1) is 6.61 Å². The van der Waals surface area contributed by atoms with Gasteiger partial charge in [-0.2, -0.15) is 12.7 Å². The maximum absolute atomic E-state index is 12.6. The number of piperazine rings is 1. The van der Waals surface area contributed by atoms with Crippen LogP contribution in [0, 0.1) is 5.92 Å². The van der Waals surface area contributed by atoms with E-state index >= 15 is 0 Å². The van der Waals surface area contributed by atoms with Crippen molar-refractivity contribution >= 4 is 16.1 Å². The molecule has 0 bridgehead atoms. The van der Waals surface area contributed by atoms with E-state index in [2.05, 4.69) is 4.98 Å². The van der Waals surface area contributed by atoms with E-state index in [9.17, 15) is 13.2 Å². The van der Waals surface area contributed by atoms with E-state index in [0.29, 0.717) is 24.0 Å². The highest BCUT2D eigenvalue weighted by atomic mass is 32.2. The monoisotopic (exact) mass is 342 g/mol. The number of carbonyl (C=O) groups excluding carboxylic acids is 1. The standard InChI is InChI=1S/C14H22N4O4S/c1-11(2)10-22-13-12(4-3-5-16-13)14(19)17-6-8-18(9-7-17)23(15,20)21/h3-5,11H,6-10H2,1-2H3,(H2,15,20,21). The van der Waals surface area contributed by atoms with Gasteiger partial charge in [-0.05, 0) is 18.1 Å². The fraction of sp³-hybridized carbons (Fsp3) is 0.571. The van der Waals surface area contributed by atoms with E-state index in [1.165, 1.54) is 0 Å². The molecule has 0 unspecified atom stereocenters. The smallest absolute Gasteiger partial charge is 0.277 e. The van der Waals surface area contributed by atoms with Crippen LogP contribution in [0.5, 0.6) is 5.88 Å². The Bertz CT molecular complexity index is 654. The maximum atomic E-state index is 12.6. The maximum Gasteiger partial charge on any atom is 0.277 e. The third kappa shape index (κ3) is 4.63. The molecule has 1 saturated heterocycles. The molecule has 1 amide bonds. The zero-order valence-corrected chi connectivity index (χ0v) is 14.1. The average Bonchev–Trinajstić information content (AvgIpc) is 2.52. The first-order valence-corrected chi connectivity index (χ1v) is 8.94. The number of nitrogens with zero attached hydrogens (tertiary/aromatic N) is 3. The molecule has 8 nitrogen and oxygen atoms in total. The molecular formula is C14H22N4O4S. The van der Waals surface area contributed by atoms with Gasteiger partial charge in [0.25, 0.3) is 16.1 Å². The normalized spacial score (nSPS) is 16.6. The van der Waals surface area contributed by atoms with E-state index in [1.54, 1.807) is 23.2 Å². The Kier molecular flexibility index (Phi) is 5.55. The number of carbonyl (C=O) groups is 1. The minimum absolute atomic E-state index is 0.188. The van der Waals surface area contributed by atoms with Gasteiger partial charge in [0.1, 0.15) is 5.56 Å². The van der Waals surface area contributed by atoms with E-state index < -0.39 is 10.2 Å². The summed E-state index contributed by atoms with van der Waals surface area (Å²) in [7, 11) is -3.71. The lowest BCUT2D eigenvalue weighted by atomic mass is 10.2. The number of amides is 1. The van der Waals surface area contributed by atoms with Gasteiger partial charge in [-0.25, -0.2) is 10.1 Å². The van der Waals surface area contributed by atoms with E-state index in [-0.39, 0.29) is 32.1 Å². The third-order valence-electron chi connectivity index (χ3n) is 3.44. The number of hydrogen-bond donors (Lipinski definition) is 1. The van der Waals surface area contributed by atoms with Crippen molar-refractivity contribution in [1.82, 2.24) is 14.2 Å². The quantitative estimate of drug-likeness (QED) is 0.815. The summed E-state index contributed by atoms with van der Waals surface area (Å²) in [6.07, 6.45) is 1.57. The summed E-state index contributed by atoms with van der Waals surface area (Å²) in [4.78, 5) is 18.3. The van der Waals surface area contributed by atoms with Gasteiger partial charge in [0, 0.05) is 32.4 Å². The third-order valence-corrected chi connectivity index (χ3v) is 4.53.